The molecule has 0 aliphatic carbocycles. The predicted octanol–water partition coefficient (Wildman–Crippen LogP) is 4.11. The fourth-order valence-electron chi connectivity index (χ4n) is 2.67. The lowest BCUT2D eigenvalue weighted by Gasteiger charge is -2.27. The summed E-state index contributed by atoms with van der Waals surface area (Å²) in [5.41, 5.74) is 3.83. The zero-order chi connectivity index (χ0) is 15.6. The molecule has 2 aromatic carbocycles. The smallest absolute Gasteiger partial charge is 0.409 e. The SMILES string of the molecule is [C-]#[N+]c1ccc2c(C)cc(N(CC=C)B(C)O)c(C)c2c1. The van der Waals surface area contributed by atoms with Gasteiger partial charge in [-0.15, -0.1) is 6.58 Å². The third-order valence-electron chi connectivity index (χ3n) is 3.78. The Morgan fingerprint density at radius 3 is 2.62 bits per heavy atom. The van der Waals surface area contributed by atoms with Crippen LogP contribution in [0.5, 0.6) is 0 Å². The minimum Gasteiger partial charge on any atom is -0.432 e. The Morgan fingerprint density at radius 2 is 2.05 bits per heavy atom. The molecule has 0 saturated carbocycles. The monoisotopic (exact) mass is 278 g/mol. The van der Waals surface area contributed by atoms with Crippen molar-refractivity contribution in [1.82, 2.24) is 0 Å². The molecule has 0 saturated heterocycles. The van der Waals surface area contributed by atoms with E-state index in [1.165, 1.54) is 0 Å². The molecule has 0 amide bonds. The second-order valence-electron chi connectivity index (χ2n) is 5.25. The van der Waals surface area contributed by atoms with Gasteiger partial charge in [-0.05, 0) is 54.7 Å². The Hall–Kier alpha value is -2.25. The van der Waals surface area contributed by atoms with Crippen LogP contribution in [0.2, 0.25) is 6.82 Å². The van der Waals surface area contributed by atoms with E-state index in [2.05, 4.69) is 24.4 Å². The lowest BCUT2D eigenvalue weighted by Crippen LogP contribution is -2.37. The van der Waals surface area contributed by atoms with Crippen molar-refractivity contribution in [3.63, 3.8) is 0 Å². The zero-order valence-corrected chi connectivity index (χ0v) is 12.7. The Bertz CT molecular complexity index is 732. The highest BCUT2D eigenvalue weighted by Crippen LogP contribution is 2.33. The summed E-state index contributed by atoms with van der Waals surface area (Å²) in [6.07, 6.45) is 1.78. The summed E-state index contributed by atoms with van der Waals surface area (Å²) in [6.45, 7) is 17.3. The molecule has 1 N–H and O–H groups in total. The Morgan fingerprint density at radius 1 is 1.33 bits per heavy atom. The van der Waals surface area contributed by atoms with Gasteiger partial charge in [0.1, 0.15) is 0 Å². The molecule has 0 fully saturated rings. The highest BCUT2D eigenvalue weighted by Gasteiger charge is 2.19. The highest BCUT2D eigenvalue weighted by molar-refractivity contribution is 6.54. The lowest BCUT2D eigenvalue weighted by molar-refractivity contribution is 0.572. The van der Waals surface area contributed by atoms with Gasteiger partial charge in [-0.25, -0.2) is 4.85 Å². The summed E-state index contributed by atoms with van der Waals surface area (Å²) in [5, 5.41) is 12.2. The molecular weight excluding hydrogens is 259 g/mol. The predicted molar refractivity (Wildman–Crippen MR) is 91.1 cm³/mol. The van der Waals surface area contributed by atoms with Crippen LogP contribution in [0.3, 0.4) is 0 Å². The van der Waals surface area contributed by atoms with Crippen LogP contribution in [0.15, 0.2) is 36.9 Å². The maximum Gasteiger partial charge on any atom is 0.409 e. The number of fused-ring (bicyclic) bond motifs is 1. The maximum atomic E-state index is 10.0. The van der Waals surface area contributed by atoms with E-state index in [0.717, 1.165) is 27.6 Å². The molecule has 0 spiro atoms. The van der Waals surface area contributed by atoms with E-state index in [9.17, 15) is 5.02 Å². The molecule has 0 unspecified atom stereocenters. The van der Waals surface area contributed by atoms with Crippen LogP contribution in [0.4, 0.5) is 11.4 Å². The van der Waals surface area contributed by atoms with Crippen molar-refractivity contribution in [2.24, 2.45) is 0 Å². The lowest BCUT2D eigenvalue weighted by atomic mass is 9.82. The minimum absolute atomic E-state index is 0.575. The molecule has 106 valence electrons. The van der Waals surface area contributed by atoms with Crippen molar-refractivity contribution in [2.45, 2.75) is 20.7 Å². The third kappa shape index (κ3) is 2.79. The number of anilines is 1. The molecule has 0 atom stereocenters. The van der Waals surface area contributed by atoms with Gasteiger partial charge in [-0.1, -0.05) is 18.2 Å². The first-order valence-corrected chi connectivity index (χ1v) is 6.96. The zero-order valence-electron chi connectivity index (χ0n) is 12.7. The van der Waals surface area contributed by atoms with Crippen LogP contribution in [0.25, 0.3) is 15.6 Å². The van der Waals surface area contributed by atoms with Gasteiger partial charge in [0, 0.05) is 12.2 Å². The molecule has 2 rings (SSSR count). The average Bonchev–Trinajstić information content (AvgIpc) is 2.48. The normalized spacial score (nSPS) is 10.2. The van der Waals surface area contributed by atoms with Crippen LogP contribution in [0.1, 0.15) is 11.1 Å². The maximum absolute atomic E-state index is 10.0. The molecule has 0 aromatic heterocycles. The van der Waals surface area contributed by atoms with Crippen LogP contribution in [-0.2, 0) is 0 Å². The second-order valence-corrected chi connectivity index (χ2v) is 5.25. The Kier molecular flexibility index (Phi) is 4.35. The van der Waals surface area contributed by atoms with Gasteiger partial charge in [0.2, 0.25) is 0 Å². The summed E-state index contributed by atoms with van der Waals surface area (Å²) < 4.78 is 0. The van der Waals surface area contributed by atoms with Crippen LogP contribution >= 0.6 is 0 Å². The molecule has 0 bridgehead atoms. The van der Waals surface area contributed by atoms with Gasteiger partial charge < -0.3 is 9.83 Å². The number of rotatable bonds is 4. The van der Waals surface area contributed by atoms with Gasteiger partial charge in [0.25, 0.3) is 0 Å². The topological polar surface area (TPSA) is 27.8 Å². The summed E-state index contributed by atoms with van der Waals surface area (Å²) in [4.78, 5) is 5.41. The molecule has 0 heterocycles. The number of aryl methyl sites for hydroxylation is 2. The van der Waals surface area contributed by atoms with E-state index in [-0.39, 0.29) is 0 Å². The van der Waals surface area contributed by atoms with Crippen molar-refractivity contribution in [3.05, 3.63) is 59.5 Å². The van der Waals surface area contributed by atoms with Crippen molar-refractivity contribution in [3.8, 4) is 0 Å². The number of benzene rings is 2. The largest absolute Gasteiger partial charge is 0.432 e. The summed E-state index contributed by atoms with van der Waals surface area (Å²) >= 11 is 0. The summed E-state index contributed by atoms with van der Waals surface area (Å²) in [5.74, 6) is 0. The molecule has 21 heavy (non-hydrogen) atoms. The first-order valence-electron chi connectivity index (χ1n) is 6.96. The number of hydrogen-bond acceptors (Lipinski definition) is 2. The van der Waals surface area contributed by atoms with E-state index in [0.29, 0.717) is 12.2 Å². The summed E-state index contributed by atoms with van der Waals surface area (Å²) in [7, 11) is -0.595. The number of nitrogens with zero attached hydrogens (tertiary/aromatic N) is 2. The van der Waals surface area contributed by atoms with E-state index >= 15 is 0 Å². The van der Waals surface area contributed by atoms with Crippen molar-refractivity contribution >= 4 is 29.2 Å². The van der Waals surface area contributed by atoms with Crippen LogP contribution in [0, 0.1) is 20.4 Å². The molecule has 3 nitrogen and oxygen atoms in total. The van der Waals surface area contributed by atoms with Gasteiger partial charge in [-0.2, -0.15) is 0 Å². The molecule has 4 heteroatoms. The van der Waals surface area contributed by atoms with E-state index in [1.54, 1.807) is 12.9 Å². The standard InChI is InChI=1S/C17H19BN2O/c1-6-9-20(18(4)21)17-10-12(2)15-8-7-14(19-5)11-16(15)13(17)3/h6-8,10-11,21H,1,9H2,2-4H3. The molecule has 0 aliphatic rings. The fraction of sp³-hybridized carbons (Fsp3) is 0.235. The molecular formula is C17H19BN2O. The van der Waals surface area contributed by atoms with Gasteiger partial charge >= 0.3 is 7.05 Å². The van der Waals surface area contributed by atoms with Crippen LogP contribution < -0.4 is 4.81 Å². The van der Waals surface area contributed by atoms with Crippen LogP contribution in [-0.4, -0.2) is 18.6 Å². The summed E-state index contributed by atoms with van der Waals surface area (Å²) in [6, 6.07) is 7.85. The third-order valence-corrected chi connectivity index (χ3v) is 3.78. The molecule has 0 aliphatic heterocycles. The van der Waals surface area contributed by atoms with Crippen molar-refractivity contribution in [1.29, 1.82) is 0 Å². The van der Waals surface area contributed by atoms with Gasteiger partial charge in [-0.3, -0.25) is 0 Å². The quantitative estimate of drug-likeness (QED) is 0.518. The van der Waals surface area contributed by atoms with Gasteiger partial charge in [0.15, 0.2) is 5.69 Å². The average molecular weight is 278 g/mol. The van der Waals surface area contributed by atoms with Crippen molar-refractivity contribution < 1.29 is 5.02 Å². The highest BCUT2D eigenvalue weighted by atomic mass is 16.2. The fourth-order valence-corrected chi connectivity index (χ4v) is 2.67. The number of hydrogen-bond donors (Lipinski definition) is 1. The van der Waals surface area contributed by atoms with Crippen molar-refractivity contribution in [2.75, 3.05) is 11.4 Å². The second kappa shape index (κ2) is 6.03. The van der Waals surface area contributed by atoms with Gasteiger partial charge in [0.05, 0.1) is 6.57 Å². The van der Waals surface area contributed by atoms with E-state index in [4.69, 9.17) is 6.57 Å². The first-order chi connectivity index (χ1) is 9.99. The Labute approximate surface area is 126 Å². The minimum atomic E-state index is -0.595. The molecule has 0 radical (unpaired) electrons. The van der Waals surface area contributed by atoms with E-state index in [1.807, 2.05) is 29.9 Å². The Balaban J connectivity index is 2.73. The molecule has 2 aromatic rings. The first kappa shape index (κ1) is 15.1. The van der Waals surface area contributed by atoms with E-state index < -0.39 is 7.05 Å².